The van der Waals surface area contributed by atoms with Crippen molar-refractivity contribution >= 4 is 36.0 Å². The number of amides is 4. The van der Waals surface area contributed by atoms with Crippen LogP contribution in [0.25, 0.3) is 0 Å². The Hall–Kier alpha value is -2.73. The summed E-state index contributed by atoms with van der Waals surface area (Å²) in [6.07, 6.45) is 0.213. The summed E-state index contributed by atoms with van der Waals surface area (Å²) in [5.41, 5.74) is 6.30. The molecule has 1 aromatic rings. The predicted octanol–water partition coefficient (Wildman–Crippen LogP) is -0.164. The molecule has 0 spiro atoms. The summed E-state index contributed by atoms with van der Waals surface area (Å²) in [6.45, 7) is 1.03. The summed E-state index contributed by atoms with van der Waals surface area (Å²) in [7, 11) is 0. The lowest BCUT2D eigenvalue weighted by atomic mass is 10.0. The number of nitrogens with one attached hydrogen (secondary N) is 1. The quantitative estimate of drug-likeness (QED) is 0.418. The zero-order valence-electron chi connectivity index (χ0n) is 14.3. The largest absolute Gasteiger partial charge is 0.367 e. The van der Waals surface area contributed by atoms with Crippen molar-refractivity contribution in [3.63, 3.8) is 0 Å². The molecule has 142 valence electrons. The van der Waals surface area contributed by atoms with Gasteiger partial charge < -0.3 is 10.5 Å². The van der Waals surface area contributed by atoms with Crippen molar-refractivity contribution < 1.29 is 23.9 Å². The second-order valence-corrected chi connectivity index (χ2v) is 5.85. The smallest absolute Gasteiger partial charge is 0.262 e. The Kier molecular flexibility index (Phi) is 6.69. The number of rotatable bonds is 4. The van der Waals surface area contributed by atoms with Gasteiger partial charge in [0.05, 0.1) is 17.7 Å². The van der Waals surface area contributed by atoms with Crippen LogP contribution in [0.3, 0.4) is 0 Å². The number of carbonyl (C=O) groups excluding carboxylic acids is 4. The minimum atomic E-state index is -0.973. The van der Waals surface area contributed by atoms with Crippen LogP contribution in [0.2, 0.25) is 0 Å². The van der Waals surface area contributed by atoms with Crippen molar-refractivity contribution in [2.45, 2.75) is 18.9 Å². The van der Waals surface area contributed by atoms with Crippen LogP contribution < -0.4 is 11.1 Å². The summed E-state index contributed by atoms with van der Waals surface area (Å²) >= 11 is 0. The number of nitrogens with zero attached hydrogens (tertiary/aromatic N) is 1. The normalized spacial score (nSPS) is 18.4. The molecule has 2 aliphatic heterocycles. The first-order chi connectivity index (χ1) is 12.5. The van der Waals surface area contributed by atoms with E-state index in [0.29, 0.717) is 18.7 Å². The molecule has 9 heteroatoms. The van der Waals surface area contributed by atoms with Gasteiger partial charge in [0.25, 0.3) is 11.8 Å². The zero-order chi connectivity index (χ0) is 18.7. The van der Waals surface area contributed by atoms with Crippen LogP contribution in [0.15, 0.2) is 18.2 Å². The average molecular weight is 392 g/mol. The van der Waals surface area contributed by atoms with Gasteiger partial charge in [-0.25, -0.2) is 0 Å². The number of hydrogen-bond donors (Lipinski definition) is 2. The van der Waals surface area contributed by atoms with Crippen LogP contribution >= 0.6 is 12.4 Å². The lowest BCUT2D eigenvalue weighted by Crippen LogP contribution is -2.54. The second kappa shape index (κ2) is 8.77. The number of nitrogens with two attached hydrogens (primary N) is 1. The minimum Gasteiger partial charge on any atom is -0.367 e. The molecule has 8 nitrogen and oxygen atoms in total. The Morgan fingerprint density at radius 2 is 1.93 bits per heavy atom. The van der Waals surface area contributed by atoms with Crippen molar-refractivity contribution in [1.29, 1.82) is 0 Å². The van der Waals surface area contributed by atoms with E-state index in [1.807, 2.05) is 0 Å². The molecule has 0 radical (unpaired) electrons. The van der Waals surface area contributed by atoms with Crippen LogP contribution in [0.5, 0.6) is 0 Å². The summed E-state index contributed by atoms with van der Waals surface area (Å²) in [6, 6.07) is 3.71. The van der Waals surface area contributed by atoms with Crippen LogP contribution in [0, 0.1) is 11.8 Å². The summed E-state index contributed by atoms with van der Waals surface area (Å²) in [5, 5.41) is 2.16. The van der Waals surface area contributed by atoms with E-state index in [9.17, 15) is 19.2 Å². The third kappa shape index (κ3) is 4.17. The maximum absolute atomic E-state index is 12.7. The second-order valence-electron chi connectivity index (χ2n) is 5.85. The van der Waals surface area contributed by atoms with Crippen LogP contribution in [0.1, 0.15) is 39.1 Å². The molecule has 0 aromatic heterocycles. The van der Waals surface area contributed by atoms with Crippen molar-refractivity contribution in [2.75, 3.05) is 19.8 Å². The molecule has 0 aliphatic carbocycles. The third-order valence-corrected chi connectivity index (χ3v) is 4.11. The van der Waals surface area contributed by atoms with Gasteiger partial charge in [0.1, 0.15) is 12.6 Å². The number of halogens is 1. The Balaban J connectivity index is 0.00000261. The van der Waals surface area contributed by atoms with Gasteiger partial charge in [-0.05, 0) is 24.6 Å². The molecule has 2 aliphatic rings. The minimum absolute atomic E-state index is 0. The molecule has 1 unspecified atom stereocenters. The Morgan fingerprint density at radius 1 is 1.19 bits per heavy atom. The molecule has 4 amide bonds. The molecule has 27 heavy (non-hydrogen) atoms. The number of fused-ring (bicyclic) bond motifs is 1. The molecule has 0 bridgehead atoms. The van der Waals surface area contributed by atoms with E-state index in [4.69, 9.17) is 10.5 Å². The van der Waals surface area contributed by atoms with Crippen molar-refractivity contribution in [3.05, 3.63) is 34.9 Å². The Bertz CT molecular complexity index is 858. The Labute approximate surface area is 161 Å². The maximum atomic E-state index is 12.7. The molecule has 3 N–H and O–H groups in total. The lowest BCUT2D eigenvalue weighted by Gasteiger charge is -2.27. The number of hydrogen-bond acceptors (Lipinski definition) is 6. The topological polar surface area (TPSA) is 119 Å². The number of benzene rings is 1. The van der Waals surface area contributed by atoms with E-state index >= 15 is 0 Å². The van der Waals surface area contributed by atoms with Gasteiger partial charge in [0, 0.05) is 18.5 Å². The molecular formula is C18H18ClN3O5. The fraction of sp³-hybridized carbons (Fsp3) is 0.333. The number of ether oxygens (including phenoxy) is 1. The predicted molar refractivity (Wildman–Crippen MR) is 97.1 cm³/mol. The van der Waals surface area contributed by atoms with E-state index < -0.39 is 29.7 Å². The Morgan fingerprint density at radius 3 is 2.63 bits per heavy atom. The highest BCUT2D eigenvalue weighted by Crippen LogP contribution is 2.28. The third-order valence-electron chi connectivity index (χ3n) is 4.11. The number of piperidine rings is 1. The fourth-order valence-corrected chi connectivity index (χ4v) is 2.89. The van der Waals surface area contributed by atoms with Gasteiger partial charge in [0.2, 0.25) is 11.8 Å². The maximum Gasteiger partial charge on any atom is 0.262 e. The summed E-state index contributed by atoms with van der Waals surface area (Å²) in [4.78, 5) is 49.4. The highest BCUT2D eigenvalue weighted by molar-refractivity contribution is 6.23. The van der Waals surface area contributed by atoms with Gasteiger partial charge in [-0.2, -0.15) is 0 Å². The molecule has 1 fully saturated rings. The average Bonchev–Trinajstić information content (AvgIpc) is 2.86. The molecule has 3 rings (SSSR count). The summed E-state index contributed by atoms with van der Waals surface area (Å²) in [5.74, 6) is 3.53. The molecule has 2 heterocycles. The van der Waals surface area contributed by atoms with E-state index in [2.05, 4.69) is 17.2 Å². The lowest BCUT2D eigenvalue weighted by molar-refractivity contribution is -0.136. The first kappa shape index (κ1) is 20.6. The van der Waals surface area contributed by atoms with E-state index in [-0.39, 0.29) is 43.0 Å². The SMILES string of the molecule is Cl.NCCOCC#Cc1ccc2c(c1)C(=O)N(C1CCC(=O)NC1=O)C2=O. The van der Waals surface area contributed by atoms with Crippen molar-refractivity contribution in [3.8, 4) is 11.8 Å². The van der Waals surface area contributed by atoms with Crippen LogP contribution in [-0.4, -0.2) is 54.3 Å². The highest BCUT2D eigenvalue weighted by atomic mass is 35.5. The molecule has 1 atom stereocenters. The van der Waals surface area contributed by atoms with E-state index in [1.165, 1.54) is 12.1 Å². The van der Waals surface area contributed by atoms with E-state index in [1.54, 1.807) is 6.07 Å². The monoisotopic (exact) mass is 391 g/mol. The van der Waals surface area contributed by atoms with Gasteiger partial charge in [-0.3, -0.25) is 29.4 Å². The van der Waals surface area contributed by atoms with Crippen LogP contribution in [-0.2, 0) is 14.3 Å². The van der Waals surface area contributed by atoms with Crippen LogP contribution in [0.4, 0.5) is 0 Å². The molecule has 1 saturated heterocycles. The first-order valence-electron chi connectivity index (χ1n) is 8.15. The van der Waals surface area contributed by atoms with Crippen molar-refractivity contribution in [1.82, 2.24) is 10.2 Å². The molecule has 0 saturated carbocycles. The summed E-state index contributed by atoms with van der Waals surface area (Å²) < 4.78 is 5.15. The number of carbonyl (C=O) groups is 4. The van der Waals surface area contributed by atoms with Gasteiger partial charge in [-0.15, -0.1) is 12.4 Å². The first-order valence-corrected chi connectivity index (χ1v) is 8.15. The van der Waals surface area contributed by atoms with E-state index in [0.717, 1.165) is 4.90 Å². The molecule has 1 aromatic carbocycles. The van der Waals surface area contributed by atoms with Crippen molar-refractivity contribution in [2.24, 2.45) is 5.73 Å². The van der Waals surface area contributed by atoms with Gasteiger partial charge in [0.15, 0.2) is 0 Å². The fourth-order valence-electron chi connectivity index (χ4n) is 2.89. The molecular weight excluding hydrogens is 374 g/mol. The highest BCUT2D eigenvalue weighted by Gasteiger charge is 2.44. The zero-order valence-corrected chi connectivity index (χ0v) is 15.1. The standard InChI is InChI=1S/C18H17N3O5.ClH/c19-7-9-26-8-1-2-11-3-4-12-13(10-11)18(25)21(17(12)24)14-5-6-15(22)20-16(14)23;/h3-4,10,14H,5-9,19H2,(H,20,22,23);1H. The van der Waals surface area contributed by atoms with Gasteiger partial charge >= 0.3 is 0 Å². The number of imide groups is 2. The van der Waals surface area contributed by atoms with Gasteiger partial charge in [-0.1, -0.05) is 11.8 Å².